The molecule has 1 saturated carbocycles. The van der Waals surface area contributed by atoms with Gasteiger partial charge >= 0.3 is 0 Å². The third-order valence-corrected chi connectivity index (χ3v) is 4.87. The summed E-state index contributed by atoms with van der Waals surface area (Å²) < 4.78 is 18.9. The second kappa shape index (κ2) is 5.56. The number of hydrogen-bond acceptors (Lipinski definition) is 5. The molecule has 1 fully saturated rings. The van der Waals surface area contributed by atoms with E-state index in [9.17, 15) is 4.39 Å². The van der Waals surface area contributed by atoms with Crippen molar-refractivity contribution >= 4 is 23.3 Å². The van der Waals surface area contributed by atoms with E-state index in [-0.39, 0.29) is 5.82 Å². The Morgan fingerprint density at radius 2 is 2.32 bits per heavy atom. The molecule has 1 aliphatic rings. The topological polar surface area (TPSA) is 37.8 Å². The number of rotatable bonds is 5. The molecule has 1 heterocycles. The summed E-state index contributed by atoms with van der Waals surface area (Å²) in [6, 6.07) is 5.76. The molecule has 3 rings (SSSR count). The Hall–Kier alpha value is -0.980. The Labute approximate surface area is 119 Å². The van der Waals surface area contributed by atoms with Gasteiger partial charge in [-0.05, 0) is 43.4 Å². The van der Waals surface area contributed by atoms with Gasteiger partial charge in [0, 0.05) is 23.0 Å². The normalized spacial score (nSPS) is 14.8. The fraction of sp³-hybridized carbons (Fsp3) is 0.385. The predicted molar refractivity (Wildman–Crippen MR) is 75.0 cm³/mol. The van der Waals surface area contributed by atoms with Crippen molar-refractivity contribution in [3.05, 3.63) is 35.4 Å². The Morgan fingerprint density at radius 3 is 3.00 bits per heavy atom. The summed E-state index contributed by atoms with van der Waals surface area (Å²) in [4.78, 5) is 5.23. The molecule has 0 spiro atoms. The lowest BCUT2D eigenvalue weighted by atomic mass is 10.2. The summed E-state index contributed by atoms with van der Waals surface area (Å²) in [6.07, 6.45) is 2.40. The van der Waals surface area contributed by atoms with Gasteiger partial charge in [-0.15, -0.1) is 0 Å². The molecule has 100 valence electrons. The van der Waals surface area contributed by atoms with Gasteiger partial charge in [0.1, 0.15) is 11.6 Å². The largest absolute Gasteiger partial charge is 0.310 e. The molecule has 1 aromatic carbocycles. The van der Waals surface area contributed by atoms with Gasteiger partial charge in [-0.2, -0.15) is 4.37 Å². The molecule has 0 bridgehead atoms. The van der Waals surface area contributed by atoms with Crippen LogP contribution in [0.3, 0.4) is 0 Å². The van der Waals surface area contributed by atoms with Crippen molar-refractivity contribution in [2.45, 2.75) is 41.6 Å². The lowest BCUT2D eigenvalue weighted by Crippen LogP contribution is -2.16. The molecule has 1 N–H and O–H groups in total. The van der Waals surface area contributed by atoms with Crippen LogP contribution in [0.4, 0.5) is 4.39 Å². The Balaban J connectivity index is 1.80. The van der Waals surface area contributed by atoms with Gasteiger partial charge in [0.25, 0.3) is 0 Å². The summed E-state index contributed by atoms with van der Waals surface area (Å²) >= 11 is 2.84. The van der Waals surface area contributed by atoms with Crippen LogP contribution in [0.15, 0.2) is 27.4 Å². The van der Waals surface area contributed by atoms with Crippen molar-refractivity contribution in [1.82, 2.24) is 14.7 Å². The lowest BCUT2D eigenvalue weighted by Gasteiger charge is -2.09. The minimum absolute atomic E-state index is 0.153. The van der Waals surface area contributed by atoms with Crippen LogP contribution >= 0.6 is 23.3 Å². The lowest BCUT2D eigenvalue weighted by molar-refractivity contribution is 0.579. The molecule has 19 heavy (non-hydrogen) atoms. The fourth-order valence-electron chi connectivity index (χ4n) is 1.75. The summed E-state index contributed by atoms with van der Waals surface area (Å²) in [5.41, 5.74) is 0.729. The number of nitrogens with one attached hydrogen (secondary N) is 1. The molecule has 6 heteroatoms. The Bertz CT molecular complexity index is 581. The van der Waals surface area contributed by atoms with Crippen LogP contribution in [-0.4, -0.2) is 15.4 Å². The summed E-state index contributed by atoms with van der Waals surface area (Å²) in [5, 5.41) is 3.36. The smallest absolute Gasteiger partial charge is 0.174 e. The van der Waals surface area contributed by atoms with Crippen molar-refractivity contribution < 1.29 is 4.39 Å². The van der Waals surface area contributed by atoms with E-state index >= 15 is 0 Å². The van der Waals surface area contributed by atoms with Crippen LogP contribution in [0.5, 0.6) is 0 Å². The van der Waals surface area contributed by atoms with Crippen molar-refractivity contribution in [1.29, 1.82) is 0 Å². The maximum Gasteiger partial charge on any atom is 0.174 e. The molecule has 1 aliphatic carbocycles. The first kappa shape index (κ1) is 13.0. The van der Waals surface area contributed by atoms with Gasteiger partial charge in [-0.1, -0.05) is 17.8 Å². The molecule has 3 nitrogen and oxygen atoms in total. The van der Waals surface area contributed by atoms with E-state index in [0.29, 0.717) is 12.6 Å². The van der Waals surface area contributed by atoms with E-state index in [0.717, 1.165) is 20.6 Å². The number of halogens is 1. The van der Waals surface area contributed by atoms with Gasteiger partial charge < -0.3 is 5.32 Å². The maximum absolute atomic E-state index is 13.9. The van der Waals surface area contributed by atoms with Gasteiger partial charge in [-0.25, -0.2) is 9.37 Å². The maximum atomic E-state index is 13.9. The zero-order chi connectivity index (χ0) is 13.2. The zero-order valence-electron chi connectivity index (χ0n) is 10.5. The zero-order valence-corrected chi connectivity index (χ0v) is 12.2. The summed E-state index contributed by atoms with van der Waals surface area (Å²) in [6.45, 7) is 2.44. The van der Waals surface area contributed by atoms with E-state index < -0.39 is 0 Å². The summed E-state index contributed by atoms with van der Waals surface area (Å²) in [5.74, 6) is 0.612. The highest BCUT2D eigenvalue weighted by Crippen LogP contribution is 2.33. The molecule has 0 unspecified atom stereocenters. The fourth-order valence-corrected chi connectivity index (χ4v) is 3.51. The van der Waals surface area contributed by atoms with Crippen LogP contribution in [0.1, 0.15) is 24.2 Å². The highest BCUT2D eigenvalue weighted by atomic mass is 32.2. The highest BCUT2D eigenvalue weighted by molar-refractivity contribution is 8.01. The molecule has 0 radical (unpaired) electrons. The second-order valence-electron chi connectivity index (χ2n) is 4.58. The number of hydrogen-bond donors (Lipinski definition) is 1. The van der Waals surface area contributed by atoms with Crippen LogP contribution in [0.2, 0.25) is 0 Å². The molecule has 0 aliphatic heterocycles. The van der Waals surface area contributed by atoms with Gasteiger partial charge in [0.15, 0.2) is 4.34 Å². The average Bonchev–Trinajstić information content (AvgIpc) is 3.12. The molecule has 1 aromatic heterocycles. The highest BCUT2D eigenvalue weighted by Gasteiger charge is 2.21. The van der Waals surface area contributed by atoms with Crippen LogP contribution in [0, 0.1) is 12.7 Å². The molecule has 0 saturated heterocycles. The minimum atomic E-state index is -0.153. The Kier molecular flexibility index (Phi) is 3.81. The third-order valence-electron chi connectivity index (χ3n) is 2.93. The van der Waals surface area contributed by atoms with Crippen molar-refractivity contribution in [3.63, 3.8) is 0 Å². The van der Waals surface area contributed by atoms with Gasteiger partial charge in [-0.3, -0.25) is 0 Å². The van der Waals surface area contributed by atoms with Crippen LogP contribution in [0.25, 0.3) is 0 Å². The average molecular weight is 295 g/mol. The predicted octanol–water partition coefficient (Wildman–Crippen LogP) is 3.39. The first-order valence-corrected chi connectivity index (χ1v) is 7.80. The molecule has 2 aromatic rings. The van der Waals surface area contributed by atoms with E-state index in [4.69, 9.17) is 0 Å². The number of aromatic nitrogens is 2. The van der Waals surface area contributed by atoms with E-state index in [1.54, 1.807) is 6.07 Å². The molecule has 0 atom stereocenters. The number of nitrogens with zero attached hydrogens (tertiary/aromatic N) is 2. The second-order valence-corrected chi connectivity index (χ2v) is 6.62. The van der Waals surface area contributed by atoms with Crippen molar-refractivity contribution in [2.24, 2.45) is 0 Å². The third kappa shape index (κ3) is 3.32. The first-order chi connectivity index (χ1) is 9.22. The SMILES string of the molecule is Cc1nsc(Sc2cccc(F)c2CNC2CC2)n1. The molecule has 0 amide bonds. The molecular formula is C13H14FN3S2. The monoisotopic (exact) mass is 295 g/mol. The van der Waals surface area contributed by atoms with Crippen LogP contribution < -0.4 is 5.32 Å². The standard InChI is InChI=1S/C13H14FN3S2/c1-8-16-13(19-17-8)18-12-4-2-3-11(14)10(12)7-15-9-5-6-9/h2-4,9,15H,5-7H2,1H3. The van der Waals surface area contributed by atoms with Crippen molar-refractivity contribution in [3.8, 4) is 0 Å². The first-order valence-electron chi connectivity index (χ1n) is 6.21. The van der Waals surface area contributed by atoms with Crippen LogP contribution in [-0.2, 0) is 6.54 Å². The van der Waals surface area contributed by atoms with Gasteiger partial charge in [0.05, 0.1) is 0 Å². The minimum Gasteiger partial charge on any atom is -0.310 e. The molecular weight excluding hydrogens is 281 g/mol. The van der Waals surface area contributed by atoms with Gasteiger partial charge in [0.2, 0.25) is 0 Å². The number of benzene rings is 1. The van der Waals surface area contributed by atoms with E-state index in [2.05, 4.69) is 14.7 Å². The summed E-state index contributed by atoms with van der Waals surface area (Å²) in [7, 11) is 0. The van der Waals surface area contributed by atoms with E-state index in [1.807, 2.05) is 13.0 Å². The quantitative estimate of drug-likeness (QED) is 0.917. The number of aryl methyl sites for hydroxylation is 1. The van der Waals surface area contributed by atoms with Crippen molar-refractivity contribution in [2.75, 3.05) is 0 Å². The van der Waals surface area contributed by atoms with E-state index in [1.165, 1.54) is 42.2 Å². The Morgan fingerprint density at radius 1 is 1.47 bits per heavy atom.